The Bertz CT molecular complexity index is 287. The van der Waals surface area contributed by atoms with E-state index in [-0.39, 0.29) is 11.7 Å². The van der Waals surface area contributed by atoms with Gasteiger partial charge in [-0.15, -0.1) is 0 Å². The molecule has 0 bridgehead atoms. The van der Waals surface area contributed by atoms with Crippen molar-refractivity contribution in [3.05, 3.63) is 35.9 Å². The molecule has 1 rings (SSSR count). The minimum Gasteiger partial charge on any atom is -0.394 e. The van der Waals surface area contributed by atoms with Crippen molar-refractivity contribution < 1.29 is 14.6 Å². The van der Waals surface area contributed by atoms with E-state index in [9.17, 15) is 4.79 Å². The van der Waals surface area contributed by atoms with Crippen molar-refractivity contribution >= 4 is 16.9 Å². The molecular weight excluding hydrogens is 212 g/mol. The van der Waals surface area contributed by atoms with Crippen LogP contribution in [-0.4, -0.2) is 35.8 Å². The molecule has 0 heterocycles. The fraction of sp³-hybridized carbons (Fsp3) is 0.364. The molecule has 0 unspecified atom stereocenters. The number of hydrogen-bond acceptors (Lipinski definition) is 4. The van der Waals surface area contributed by atoms with E-state index >= 15 is 0 Å². The Hall–Kier alpha value is -0.840. The van der Waals surface area contributed by atoms with Crippen LogP contribution in [0.4, 0.5) is 0 Å². The van der Waals surface area contributed by atoms with Gasteiger partial charge in [0.2, 0.25) is 5.12 Å². The number of hydrogen-bond donors (Lipinski definition) is 1. The van der Waals surface area contributed by atoms with Gasteiger partial charge >= 0.3 is 0 Å². The molecule has 0 spiro atoms. The second kappa shape index (κ2) is 7.45. The third-order valence-corrected chi connectivity index (χ3v) is 2.57. The summed E-state index contributed by atoms with van der Waals surface area (Å²) >= 11 is 1.23. The maximum Gasteiger partial charge on any atom is 0.219 e. The fourth-order valence-electron chi connectivity index (χ4n) is 1.02. The van der Waals surface area contributed by atoms with Gasteiger partial charge in [-0.1, -0.05) is 42.1 Å². The smallest absolute Gasteiger partial charge is 0.219 e. The van der Waals surface area contributed by atoms with Gasteiger partial charge in [0.15, 0.2) is 0 Å². The van der Waals surface area contributed by atoms with Crippen LogP contribution in [0.1, 0.15) is 10.4 Å². The number of aliphatic hydroxyl groups excluding tert-OH is 1. The quantitative estimate of drug-likeness (QED) is 0.748. The molecule has 1 N–H and O–H groups in total. The molecule has 0 saturated carbocycles. The minimum atomic E-state index is 0.0251. The molecule has 0 radical (unpaired) electrons. The van der Waals surface area contributed by atoms with Gasteiger partial charge in [-0.05, 0) is 0 Å². The van der Waals surface area contributed by atoms with Crippen molar-refractivity contribution in [2.45, 2.75) is 0 Å². The zero-order chi connectivity index (χ0) is 10.9. The van der Waals surface area contributed by atoms with E-state index in [0.29, 0.717) is 24.5 Å². The van der Waals surface area contributed by atoms with Crippen molar-refractivity contribution in [3.8, 4) is 0 Å². The Balaban J connectivity index is 2.20. The lowest BCUT2D eigenvalue weighted by Gasteiger charge is -2.01. The second-order valence-corrected chi connectivity index (χ2v) is 3.91. The number of carbonyl (C=O) groups excluding carboxylic acids is 1. The van der Waals surface area contributed by atoms with Gasteiger partial charge in [-0.3, -0.25) is 4.79 Å². The van der Waals surface area contributed by atoms with Crippen LogP contribution in [0.25, 0.3) is 0 Å². The molecule has 4 heteroatoms. The number of aliphatic hydroxyl groups is 1. The van der Waals surface area contributed by atoms with Gasteiger partial charge in [0, 0.05) is 11.3 Å². The monoisotopic (exact) mass is 226 g/mol. The molecule has 0 amide bonds. The highest BCUT2D eigenvalue weighted by atomic mass is 32.2. The predicted molar refractivity (Wildman–Crippen MR) is 61.1 cm³/mol. The van der Waals surface area contributed by atoms with Crippen LogP contribution >= 0.6 is 11.8 Å². The Morgan fingerprint density at radius 1 is 1.27 bits per heavy atom. The van der Waals surface area contributed by atoms with Crippen LogP contribution in [-0.2, 0) is 4.74 Å². The number of carbonyl (C=O) groups is 1. The first-order chi connectivity index (χ1) is 7.34. The summed E-state index contributed by atoms with van der Waals surface area (Å²) in [6.45, 7) is 0.848. The SMILES string of the molecule is O=C(SCCOCCO)c1ccccc1. The van der Waals surface area contributed by atoms with Crippen molar-refractivity contribution in [3.63, 3.8) is 0 Å². The molecule has 3 nitrogen and oxygen atoms in total. The highest BCUT2D eigenvalue weighted by Crippen LogP contribution is 2.11. The zero-order valence-electron chi connectivity index (χ0n) is 8.39. The van der Waals surface area contributed by atoms with Crippen molar-refractivity contribution in [2.75, 3.05) is 25.6 Å². The van der Waals surface area contributed by atoms with Crippen LogP contribution in [0.15, 0.2) is 30.3 Å². The molecular formula is C11H14O3S. The first kappa shape index (κ1) is 12.2. The van der Waals surface area contributed by atoms with Crippen LogP contribution in [0.3, 0.4) is 0 Å². The predicted octanol–water partition coefficient (Wildman–Crippen LogP) is 1.57. The largest absolute Gasteiger partial charge is 0.394 e. The summed E-state index contributed by atoms with van der Waals surface area (Å²) in [5, 5.41) is 8.51. The lowest BCUT2D eigenvalue weighted by atomic mass is 10.2. The Labute approximate surface area is 93.4 Å². The minimum absolute atomic E-state index is 0.0251. The number of benzene rings is 1. The summed E-state index contributed by atoms with van der Waals surface area (Å²) in [6.07, 6.45) is 0. The standard InChI is InChI=1S/C11H14O3S/c12-6-7-14-8-9-15-11(13)10-4-2-1-3-5-10/h1-5,12H,6-9H2. The third-order valence-electron chi connectivity index (χ3n) is 1.71. The number of thioether (sulfide) groups is 1. The van der Waals surface area contributed by atoms with E-state index in [2.05, 4.69) is 0 Å². The fourth-order valence-corrected chi connectivity index (χ4v) is 1.71. The van der Waals surface area contributed by atoms with Gasteiger partial charge < -0.3 is 9.84 Å². The highest BCUT2D eigenvalue weighted by molar-refractivity contribution is 8.14. The lowest BCUT2D eigenvalue weighted by molar-refractivity contribution is 0.102. The van der Waals surface area contributed by atoms with Gasteiger partial charge in [-0.2, -0.15) is 0 Å². The molecule has 15 heavy (non-hydrogen) atoms. The third kappa shape index (κ3) is 4.97. The Kier molecular flexibility index (Phi) is 6.08. The topological polar surface area (TPSA) is 46.5 Å². The molecule has 0 aliphatic carbocycles. The summed E-state index contributed by atoms with van der Waals surface area (Å²) < 4.78 is 5.05. The Morgan fingerprint density at radius 2 is 2.00 bits per heavy atom. The summed E-state index contributed by atoms with van der Waals surface area (Å²) in [7, 11) is 0. The van der Waals surface area contributed by atoms with Crippen molar-refractivity contribution in [1.82, 2.24) is 0 Å². The number of rotatable bonds is 6. The molecule has 0 aromatic heterocycles. The number of ether oxygens (including phenoxy) is 1. The lowest BCUT2D eigenvalue weighted by Crippen LogP contribution is -2.04. The van der Waals surface area contributed by atoms with Crippen molar-refractivity contribution in [1.29, 1.82) is 0 Å². The second-order valence-electron chi connectivity index (χ2n) is 2.84. The summed E-state index contributed by atoms with van der Waals surface area (Å²) in [4.78, 5) is 11.5. The molecule has 1 aromatic rings. The average molecular weight is 226 g/mol. The summed E-state index contributed by atoms with van der Waals surface area (Å²) in [5.41, 5.74) is 0.713. The average Bonchev–Trinajstić information content (AvgIpc) is 2.30. The normalized spacial score (nSPS) is 10.2. The van der Waals surface area contributed by atoms with Crippen LogP contribution in [0.2, 0.25) is 0 Å². The van der Waals surface area contributed by atoms with Crippen molar-refractivity contribution in [2.24, 2.45) is 0 Å². The van der Waals surface area contributed by atoms with E-state index in [1.54, 1.807) is 12.1 Å². The van der Waals surface area contributed by atoms with E-state index in [4.69, 9.17) is 9.84 Å². The van der Waals surface area contributed by atoms with Gasteiger partial charge in [0.1, 0.15) is 0 Å². The zero-order valence-corrected chi connectivity index (χ0v) is 9.20. The first-order valence-corrected chi connectivity index (χ1v) is 5.74. The summed E-state index contributed by atoms with van der Waals surface area (Å²) in [6, 6.07) is 9.16. The van der Waals surface area contributed by atoms with E-state index in [1.165, 1.54) is 11.8 Å². The maximum absolute atomic E-state index is 11.5. The van der Waals surface area contributed by atoms with Crippen LogP contribution in [0, 0.1) is 0 Å². The highest BCUT2D eigenvalue weighted by Gasteiger charge is 2.04. The molecule has 1 aromatic carbocycles. The van der Waals surface area contributed by atoms with Gasteiger partial charge in [0.05, 0.1) is 19.8 Å². The van der Waals surface area contributed by atoms with Crippen LogP contribution in [0.5, 0.6) is 0 Å². The molecule has 0 fully saturated rings. The van der Waals surface area contributed by atoms with Gasteiger partial charge in [-0.25, -0.2) is 0 Å². The van der Waals surface area contributed by atoms with E-state index in [0.717, 1.165) is 0 Å². The van der Waals surface area contributed by atoms with Gasteiger partial charge in [0.25, 0.3) is 0 Å². The molecule has 0 aliphatic heterocycles. The molecule has 82 valence electrons. The van der Waals surface area contributed by atoms with Crippen LogP contribution < -0.4 is 0 Å². The molecule has 0 saturated heterocycles. The van der Waals surface area contributed by atoms with E-state index < -0.39 is 0 Å². The maximum atomic E-state index is 11.5. The first-order valence-electron chi connectivity index (χ1n) is 4.75. The summed E-state index contributed by atoms with van der Waals surface area (Å²) in [5.74, 6) is 0.619. The Morgan fingerprint density at radius 3 is 2.67 bits per heavy atom. The van der Waals surface area contributed by atoms with E-state index in [1.807, 2.05) is 18.2 Å². The molecule has 0 aliphatic rings. The molecule has 0 atom stereocenters.